The summed E-state index contributed by atoms with van der Waals surface area (Å²) in [5, 5.41) is 8.25. The maximum atomic E-state index is 12.4. The second-order valence-electron chi connectivity index (χ2n) is 6.10. The third-order valence-electron chi connectivity index (χ3n) is 3.77. The van der Waals surface area contributed by atoms with E-state index in [9.17, 15) is 4.79 Å². The number of carbonyl (C=O) groups is 1. The first-order valence-electron chi connectivity index (χ1n) is 8.11. The average molecular weight is 342 g/mol. The second kappa shape index (κ2) is 7.05. The molecule has 3 rings (SSSR count). The Morgan fingerprint density at radius 2 is 2.12 bits per heavy atom. The molecule has 3 aromatic rings. The molecule has 0 saturated carbocycles. The highest BCUT2D eigenvalue weighted by Gasteiger charge is 2.15. The van der Waals surface area contributed by atoms with Crippen LogP contribution in [0.5, 0.6) is 0 Å². The molecule has 0 radical (unpaired) electrons. The summed E-state index contributed by atoms with van der Waals surface area (Å²) < 4.78 is 0. The first kappa shape index (κ1) is 16.5. The number of fused-ring (bicyclic) bond motifs is 1. The zero-order chi connectivity index (χ0) is 17.1. The van der Waals surface area contributed by atoms with Crippen molar-refractivity contribution in [1.29, 1.82) is 0 Å². The Bertz CT molecular complexity index is 850. The molecule has 0 aliphatic rings. The molecule has 5 nitrogen and oxygen atoms in total. The minimum absolute atomic E-state index is 0.0540. The van der Waals surface area contributed by atoms with E-state index in [1.54, 1.807) is 0 Å². The van der Waals surface area contributed by atoms with Gasteiger partial charge in [0.25, 0.3) is 5.91 Å². The average Bonchev–Trinajstić information content (AvgIpc) is 3.10. The van der Waals surface area contributed by atoms with Crippen LogP contribution >= 0.6 is 11.3 Å². The van der Waals surface area contributed by atoms with E-state index >= 15 is 0 Å². The molecule has 2 heterocycles. The molecule has 2 aromatic heterocycles. The van der Waals surface area contributed by atoms with Crippen molar-refractivity contribution in [1.82, 2.24) is 15.3 Å². The van der Waals surface area contributed by atoms with Gasteiger partial charge < -0.3 is 15.6 Å². The molecule has 1 amide bonds. The van der Waals surface area contributed by atoms with E-state index in [2.05, 4.69) is 46.6 Å². The number of nitrogens with one attached hydrogen (secondary N) is 3. The third kappa shape index (κ3) is 3.59. The number of hydrogen-bond donors (Lipinski definition) is 3. The van der Waals surface area contributed by atoms with Gasteiger partial charge in [-0.15, -0.1) is 0 Å². The largest absolute Gasteiger partial charge is 0.361 e. The van der Waals surface area contributed by atoms with E-state index in [0.29, 0.717) is 17.5 Å². The Kier molecular flexibility index (Phi) is 4.85. The fraction of sp³-hybridized carbons (Fsp3) is 0.333. The Morgan fingerprint density at radius 1 is 1.33 bits per heavy atom. The summed E-state index contributed by atoms with van der Waals surface area (Å²) in [6.45, 7) is 6.58. The van der Waals surface area contributed by atoms with Gasteiger partial charge in [-0.25, -0.2) is 4.98 Å². The highest BCUT2D eigenvalue weighted by molar-refractivity contribution is 7.17. The van der Waals surface area contributed by atoms with Gasteiger partial charge in [0.15, 0.2) is 5.13 Å². The van der Waals surface area contributed by atoms with Gasteiger partial charge in [-0.2, -0.15) is 0 Å². The maximum Gasteiger partial charge on any atom is 0.263 e. The van der Waals surface area contributed by atoms with Crippen LogP contribution in [0.1, 0.15) is 34.8 Å². The van der Waals surface area contributed by atoms with Gasteiger partial charge in [0.2, 0.25) is 0 Å². The van der Waals surface area contributed by atoms with E-state index in [1.165, 1.54) is 22.3 Å². The van der Waals surface area contributed by atoms with Crippen LogP contribution in [0.2, 0.25) is 0 Å². The lowest BCUT2D eigenvalue weighted by molar-refractivity contribution is 0.0957. The minimum atomic E-state index is -0.0540. The van der Waals surface area contributed by atoms with E-state index < -0.39 is 0 Å². The van der Waals surface area contributed by atoms with E-state index in [-0.39, 0.29) is 5.91 Å². The SMILES string of the molecule is Cc1nc(NC(C)C)sc1C(=O)NCCc1c[nH]c2ccccc12. The molecule has 3 N–H and O–H groups in total. The van der Waals surface area contributed by atoms with Gasteiger partial charge in [-0.05, 0) is 38.8 Å². The Hall–Kier alpha value is -2.34. The molecule has 6 heteroatoms. The molecule has 0 spiro atoms. The fourth-order valence-electron chi connectivity index (χ4n) is 2.65. The van der Waals surface area contributed by atoms with Gasteiger partial charge >= 0.3 is 0 Å². The topological polar surface area (TPSA) is 69.8 Å². The molecule has 0 fully saturated rings. The number of rotatable bonds is 6. The molecule has 0 saturated heterocycles. The highest BCUT2D eigenvalue weighted by atomic mass is 32.1. The van der Waals surface area contributed by atoms with Crippen molar-refractivity contribution >= 4 is 33.3 Å². The summed E-state index contributed by atoms with van der Waals surface area (Å²) in [4.78, 5) is 20.7. The number of amides is 1. The van der Waals surface area contributed by atoms with Crippen molar-refractivity contribution in [3.8, 4) is 0 Å². The summed E-state index contributed by atoms with van der Waals surface area (Å²) in [7, 11) is 0. The number of aromatic nitrogens is 2. The van der Waals surface area contributed by atoms with E-state index in [4.69, 9.17) is 0 Å². The van der Waals surface area contributed by atoms with Crippen LogP contribution in [-0.2, 0) is 6.42 Å². The lowest BCUT2D eigenvalue weighted by Crippen LogP contribution is -2.25. The number of aromatic amines is 1. The van der Waals surface area contributed by atoms with Crippen LogP contribution in [-0.4, -0.2) is 28.5 Å². The monoisotopic (exact) mass is 342 g/mol. The molecule has 0 aliphatic heterocycles. The predicted octanol–water partition coefficient (Wildman–Crippen LogP) is 3.73. The zero-order valence-electron chi connectivity index (χ0n) is 14.1. The van der Waals surface area contributed by atoms with E-state index in [1.807, 2.05) is 25.3 Å². The summed E-state index contributed by atoms with van der Waals surface area (Å²) in [5.74, 6) is -0.0540. The van der Waals surface area contributed by atoms with Crippen LogP contribution in [0.25, 0.3) is 10.9 Å². The number of H-pyrrole nitrogens is 1. The van der Waals surface area contributed by atoms with Crippen molar-refractivity contribution in [2.45, 2.75) is 33.2 Å². The van der Waals surface area contributed by atoms with Gasteiger partial charge in [-0.3, -0.25) is 4.79 Å². The molecule has 126 valence electrons. The van der Waals surface area contributed by atoms with Crippen molar-refractivity contribution < 1.29 is 4.79 Å². The number of thiazole rings is 1. The fourth-order valence-corrected chi connectivity index (χ4v) is 3.67. The van der Waals surface area contributed by atoms with Crippen LogP contribution in [0, 0.1) is 6.92 Å². The molecule has 0 unspecified atom stereocenters. The molecule has 1 aromatic carbocycles. The molecule has 24 heavy (non-hydrogen) atoms. The van der Waals surface area contributed by atoms with Crippen LogP contribution in [0.15, 0.2) is 30.5 Å². The normalized spacial score (nSPS) is 11.2. The predicted molar refractivity (Wildman–Crippen MR) is 99.9 cm³/mol. The summed E-state index contributed by atoms with van der Waals surface area (Å²) in [6.07, 6.45) is 2.81. The van der Waals surface area contributed by atoms with Crippen molar-refractivity contribution in [3.63, 3.8) is 0 Å². The molecular weight excluding hydrogens is 320 g/mol. The van der Waals surface area contributed by atoms with Crippen LogP contribution in [0.4, 0.5) is 5.13 Å². The number of para-hydroxylation sites is 1. The number of nitrogens with zero attached hydrogens (tertiary/aromatic N) is 1. The smallest absolute Gasteiger partial charge is 0.263 e. The number of hydrogen-bond acceptors (Lipinski definition) is 4. The summed E-state index contributed by atoms with van der Waals surface area (Å²) in [6, 6.07) is 8.50. The Labute approximate surface area is 145 Å². The molecule has 0 bridgehead atoms. The maximum absolute atomic E-state index is 12.4. The first-order valence-corrected chi connectivity index (χ1v) is 8.93. The summed E-state index contributed by atoms with van der Waals surface area (Å²) in [5.41, 5.74) is 3.11. The Balaban J connectivity index is 1.60. The first-order chi connectivity index (χ1) is 11.5. The third-order valence-corrected chi connectivity index (χ3v) is 4.86. The number of benzene rings is 1. The number of carbonyl (C=O) groups excluding carboxylic acids is 1. The Morgan fingerprint density at radius 3 is 2.92 bits per heavy atom. The van der Waals surface area contributed by atoms with Crippen LogP contribution in [0.3, 0.4) is 0 Å². The van der Waals surface area contributed by atoms with Crippen molar-refractivity contribution in [2.75, 3.05) is 11.9 Å². The lowest BCUT2D eigenvalue weighted by atomic mass is 10.1. The van der Waals surface area contributed by atoms with Gasteiger partial charge in [-0.1, -0.05) is 29.5 Å². The summed E-state index contributed by atoms with van der Waals surface area (Å²) >= 11 is 1.41. The lowest BCUT2D eigenvalue weighted by Gasteiger charge is -2.04. The quantitative estimate of drug-likeness (QED) is 0.639. The molecule has 0 aliphatic carbocycles. The zero-order valence-corrected chi connectivity index (χ0v) is 15.0. The van der Waals surface area contributed by atoms with Gasteiger partial charge in [0.05, 0.1) is 5.69 Å². The minimum Gasteiger partial charge on any atom is -0.361 e. The van der Waals surface area contributed by atoms with Gasteiger partial charge in [0, 0.05) is 29.7 Å². The van der Waals surface area contributed by atoms with Crippen LogP contribution < -0.4 is 10.6 Å². The van der Waals surface area contributed by atoms with Crippen molar-refractivity contribution in [3.05, 3.63) is 46.6 Å². The number of anilines is 1. The standard InChI is InChI=1S/C18H22N4OS/c1-11(2)21-18-22-12(3)16(24-18)17(23)19-9-8-13-10-20-15-7-5-4-6-14(13)15/h4-7,10-11,20H,8-9H2,1-3H3,(H,19,23)(H,21,22). The molecular formula is C18H22N4OS. The number of aryl methyl sites for hydroxylation is 1. The highest BCUT2D eigenvalue weighted by Crippen LogP contribution is 2.23. The second-order valence-corrected chi connectivity index (χ2v) is 7.10. The van der Waals surface area contributed by atoms with Crippen molar-refractivity contribution in [2.24, 2.45) is 0 Å². The van der Waals surface area contributed by atoms with E-state index in [0.717, 1.165) is 22.8 Å². The van der Waals surface area contributed by atoms with Gasteiger partial charge in [0.1, 0.15) is 4.88 Å². The molecule has 0 atom stereocenters.